The molecule has 0 aliphatic heterocycles. The summed E-state index contributed by atoms with van der Waals surface area (Å²) in [6, 6.07) is 13.1. The van der Waals surface area contributed by atoms with Crippen molar-refractivity contribution in [1.29, 1.82) is 0 Å². The number of halogens is 2. The lowest BCUT2D eigenvalue weighted by Gasteiger charge is -2.14. The number of rotatable bonds is 7. The summed E-state index contributed by atoms with van der Waals surface area (Å²) in [5.74, 6) is 1.03. The molecule has 0 saturated carbocycles. The molecule has 0 saturated heterocycles. The average Bonchev–Trinajstić information content (AvgIpc) is 2.66. The molecule has 1 aromatic heterocycles. The number of pyridine rings is 1. The largest absolute Gasteiger partial charge is 0.490 e. The molecule has 0 spiro atoms. The Morgan fingerprint density at radius 1 is 1.07 bits per heavy atom. The van der Waals surface area contributed by atoms with Crippen LogP contribution in [0.4, 0.5) is 0 Å². The smallest absolute Gasteiger partial charge is 0.216 e. The number of nitrogens with zero attached hydrogens (tertiary/aromatic N) is 1. The molecule has 5 nitrogen and oxygen atoms in total. The first-order valence-electron chi connectivity index (χ1n) is 8.79. The number of ether oxygens (including phenoxy) is 2. The average molecular weight is 419 g/mol. The molecule has 1 N–H and O–H groups in total. The van der Waals surface area contributed by atoms with Crippen LogP contribution in [0.2, 0.25) is 10.0 Å². The SMILES string of the molecule is CC(=O)NCCOc1ccc(Cl)c(COc2cccc3ccc(C)nc23)c1Cl. The Hall–Kier alpha value is -2.50. The fourth-order valence-electron chi connectivity index (χ4n) is 2.69. The van der Waals surface area contributed by atoms with Gasteiger partial charge in [-0.15, -0.1) is 0 Å². The van der Waals surface area contributed by atoms with E-state index in [2.05, 4.69) is 10.3 Å². The van der Waals surface area contributed by atoms with E-state index in [1.807, 2.05) is 37.3 Å². The van der Waals surface area contributed by atoms with Crippen molar-refractivity contribution in [3.8, 4) is 11.5 Å². The lowest BCUT2D eigenvalue weighted by atomic mass is 10.2. The number of amides is 1. The third-order valence-electron chi connectivity index (χ3n) is 4.08. The maximum absolute atomic E-state index is 10.9. The minimum Gasteiger partial charge on any atom is -0.490 e. The van der Waals surface area contributed by atoms with Crippen molar-refractivity contribution < 1.29 is 14.3 Å². The Kier molecular flexibility index (Phi) is 6.60. The van der Waals surface area contributed by atoms with Gasteiger partial charge < -0.3 is 14.8 Å². The van der Waals surface area contributed by atoms with Gasteiger partial charge >= 0.3 is 0 Å². The van der Waals surface area contributed by atoms with Crippen LogP contribution < -0.4 is 14.8 Å². The van der Waals surface area contributed by atoms with E-state index in [-0.39, 0.29) is 12.5 Å². The van der Waals surface area contributed by atoms with Crippen LogP contribution in [0.3, 0.4) is 0 Å². The zero-order valence-corrected chi connectivity index (χ0v) is 17.1. The third kappa shape index (κ3) is 4.86. The molecule has 0 aliphatic carbocycles. The standard InChI is InChI=1S/C21H20Cl2N2O3/c1-13-6-7-15-4-3-5-19(21(15)25-13)28-12-16-17(22)8-9-18(20(16)23)27-11-10-24-14(2)26/h3-9H,10-12H2,1-2H3,(H,24,26). The molecule has 3 aromatic rings. The van der Waals surface area contributed by atoms with E-state index in [0.29, 0.717) is 40.3 Å². The van der Waals surface area contributed by atoms with Gasteiger partial charge in [-0.3, -0.25) is 4.79 Å². The van der Waals surface area contributed by atoms with Crippen LogP contribution in [-0.2, 0) is 11.4 Å². The van der Waals surface area contributed by atoms with Gasteiger partial charge in [0.05, 0.1) is 11.6 Å². The molecule has 0 atom stereocenters. The molecule has 3 rings (SSSR count). The highest BCUT2D eigenvalue weighted by atomic mass is 35.5. The first kappa shape index (κ1) is 20.2. The topological polar surface area (TPSA) is 60.5 Å². The highest BCUT2D eigenvalue weighted by molar-refractivity contribution is 6.36. The van der Waals surface area contributed by atoms with Crippen molar-refractivity contribution in [2.24, 2.45) is 0 Å². The van der Waals surface area contributed by atoms with Crippen molar-refractivity contribution in [3.05, 3.63) is 63.8 Å². The van der Waals surface area contributed by atoms with E-state index in [4.69, 9.17) is 32.7 Å². The molecule has 1 heterocycles. The minimum absolute atomic E-state index is 0.112. The van der Waals surface area contributed by atoms with Gasteiger partial charge in [0.15, 0.2) is 0 Å². The number of hydrogen-bond donors (Lipinski definition) is 1. The molecule has 0 fully saturated rings. The van der Waals surface area contributed by atoms with Gasteiger partial charge in [-0.2, -0.15) is 0 Å². The van der Waals surface area contributed by atoms with Crippen molar-refractivity contribution in [2.75, 3.05) is 13.2 Å². The summed E-state index contributed by atoms with van der Waals surface area (Å²) in [4.78, 5) is 15.5. The fourth-order valence-corrected chi connectivity index (χ4v) is 3.23. The number of carbonyl (C=O) groups excluding carboxylic acids is 1. The van der Waals surface area contributed by atoms with Crippen LogP contribution in [0.5, 0.6) is 11.5 Å². The van der Waals surface area contributed by atoms with E-state index < -0.39 is 0 Å². The number of aromatic nitrogens is 1. The molecule has 0 aliphatic rings. The molecule has 28 heavy (non-hydrogen) atoms. The fraction of sp³-hybridized carbons (Fsp3) is 0.238. The lowest BCUT2D eigenvalue weighted by molar-refractivity contribution is -0.119. The molecular formula is C21H20Cl2N2O3. The molecular weight excluding hydrogens is 399 g/mol. The van der Waals surface area contributed by atoms with E-state index in [9.17, 15) is 4.79 Å². The van der Waals surface area contributed by atoms with E-state index in [0.717, 1.165) is 16.6 Å². The molecule has 2 aromatic carbocycles. The summed E-state index contributed by atoms with van der Waals surface area (Å²) in [5, 5.41) is 4.54. The summed E-state index contributed by atoms with van der Waals surface area (Å²) in [5.41, 5.74) is 2.33. The zero-order chi connectivity index (χ0) is 20.1. The Morgan fingerprint density at radius 3 is 2.68 bits per heavy atom. The second kappa shape index (κ2) is 9.13. The van der Waals surface area contributed by atoms with E-state index >= 15 is 0 Å². The second-order valence-electron chi connectivity index (χ2n) is 6.24. The van der Waals surface area contributed by atoms with Gasteiger partial charge in [0, 0.05) is 28.6 Å². The van der Waals surface area contributed by atoms with Crippen molar-refractivity contribution in [2.45, 2.75) is 20.5 Å². The van der Waals surface area contributed by atoms with Gasteiger partial charge in [-0.25, -0.2) is 4.98 Å². The summed E-state index contributed by atoms with van der Waals surface area (Å²) in [6.45, 7) is 4.25. The summed E-state index contributed by atoms with van der Waals surface area (Å²) >= 11 is 12.8. The van der Waals surface area contributed by atoms with Crippen LogP contribution in [0, 0.1) is 6.92 Å². The number of nitrogens with one attached hydrogen (secondary N) is 1. The predicted octanol–water partition coefficient (Wildman–Crippen LogP) is 4.94. The summed E-state index contributed by atoms with van der Waals surface area (Å²) < 4.78 is 11.6. The summed E-state index contributed by atoms with van der Waals surface area (Å²) in [6.07, 6.45) is 0. The van der Waals surface area contributed by atoms with Crippen LogP contribution in [-0.4, -0.2) is 24.0 Å². The maximum atomic E-state index is 10.9. The predicted molar refractivity (Wildman–Crippen MR) is 111 cm³/mol. The number of hydrogen-bond acceptors (Lipinski definition) is 4. The first-order valence-corrected chi connectivity index (χ1v) is 9.54. The second-order valence-corrected chi connectivity index (χ2v) is 7.02. The quantitative estimate of drug-likeness (QED) is 0.551. The number of aryl methyl sites for hydroxylation is 1. The van der Waals surface area contributed by atoms with Crippen LogP contribution in [0.1, 0.15) is 18.2 Å². The first-order chi connectivity index (χ1) is 13.5. The van der Waals surface area contributed by atoms with Gasteiger partial charge in [-0.05, 0) is 31.2 Å². The zero-order valence-electron chi connectivity index (χ0n) is 15.6. The summed E-state index contributed by atoms with van der Waals surface area (Å²) in [7, 11) is 0. The van der Waals surface area contributed by atoms with Gasteiger partial charge in [0.2, 0.25) is 5.91 Å². The van der Waals surface area contributed by atoms with Gasteiger partial charge in [-0.1, -0.05) is 41.4 Å². The Bertz CT molecular complexity index is 1010. The van der Waals surface area contributed by atoms with Gasteiger partial charge in [0.25, 0.3) is 0 Å². The molecule has 1 amide bonds. The van der Waals surface area contributed by atoms with E-state index in [1.54, 1.807) is 12.1 Å². The van der Waals surface area contributed by atoms with Gasteiger partial charge in [0.1, 0.15) is 30.2 Å². The Balaban J connectivity index is 1.76. The minimum atomic E-state index is -0.112. The van der Waals surface area contributed by atoms with Crippen LogP contribution >= 0.6 is 23.2 Å². The van der Waals surface area contributed by atoms with Crippen LogP contribution in [0.15, 0.2) is 42.5 Å². The molecule has 0 radical (unpaired) electrons. The molecule has 146 valence electrons. The monoisotopic (exact) mass is 418 g/mol. The van der Waals surface area contributed by atoms with Crippen molar-refractivity contribution >= 4 is 40.0 Å². The number of para-hydroxylation sites is 1. The highest BCUT2D eigenvalue weighted by Crippen LogP contribution is 2.35. The third-order valence-corrected chi connectivity index (χ3v) is 4.85. The number of carbonyl (C=O) groups is 1. The van der Waals surface area contributed by atoms with Crippen molar-refractivity contribution in [3.63, 3.8) is 0 Å². The Morgan fingerprint density at radius 2 is 1.89 bits per heavy atom. The normalized spacial score (nSPS) is 10.7. The lowest BCUT2D eigenvalue weighted by Crippen LogP contribution is -2.25. The van der Waals surface area contributed by atoms with E-state index in [1.165, 1.54) is 6.92 Å². The maximum Gasteiger partial charge on any atom is 0.216 e. The van der Waals surface area contributed by atoms with Crippen LogP contribution in [0.25, 0.3) is 10.9 Å². The molecule has 7 heteroatoms. The number of fused-ring (bicyclic) bond motifs is 1. The number of benzene rings is 2. The highest BCUT2D eigenvalue weighted by Gasteiger charge is 2.14. The Labute approximate surface area is 173 Å². The molecule has 0 unspecified atom stereocenters. The molecule has 0 bridgehead atoms. The van der Waals surface area contributed by atoms with Crippen molar-refractivity contribution in [1.82, 2.24) is 10.3 Å².